The number of carbonyl (C=O) groups is 2. The van der Waals surface area contributed by atoms with Crippen LogP contribution < -0.4 is 20.9 Å². The van der Waals surface area contributed by atoms with E-state index in [1.807, 2.05) is 4.90 Å². The lowest BCUT2D eigenvalue weighted by Gasteiger charge is -2.38. The quantitative estimate of drug-likeness (QED) is 0.417. The van der Waals surface area contributed by atoms with E-state index in [9.17, 15) is 18.4 Å². The molecular weight excluding hydrogens is 510 g/mol. The van der Waals surface area contributed by atoms with Crippen LogP contribution in [-0.2, 0) is 14.3 Å². The summed E-state index contributed by atoms with van der Waals surface area (Å²) >= 11 is 0. The Morgan fingerprint density at radius 2 is 1.90 bits per heavy atom. The van der Waals surface area contributed by atoms with Crippen LogP contribution >= 0.6 is 0 Å². The van der Waals surface area contributed by atoms with Crippen molar-refractivity contribution in [2.45, 2.75) is 56.7 Å². The fourth-order valence-corrected chi connectivity index (χ4v) is 5.31. The number of nitrogens with one attached hydrogen (secondary N) is 3. The maximum absolute atomic E-state index is 14.1. The molecule has 1 aromatic carbocycles. The number of fused-ring (bicyclic) bond motifs is 1. The van der Waals surface area contributed by atoms with Crippen molar-refractivity contribution in [3.05, 3.63) is 36.2 Å². The molecule has 0 spiro atoms. The summed E-state index contributed by atoms with van der Waals surface area (Å²) < 4.78 is 35.0. The Hall–Kier alpha value is -3.87. The molecule has 13 heteroatoms. The van der Waals surface area contributed by atoms with Crippen LogP contribution in [0.2, 0.25) is 0 Å². The van der Waals surface area contributed by atoms with Crippen LogP contribution in [0.15, 0.2) is 30.3 Å². The predicted molar refractivity (Wildman–Crippen MR) is 139 cm³/mol. The first-order chi connectivity index (χ1) is 18.9. The van der Waals surface area contributed by atoms with Crippen molar-refractivity contribution in [3.63, 3.8) is 0 Å². The number of aromatic nitrogens is 4. The molecule has 3 aliphatic rings. The van der Waals surface area contributed by atoms with Crippen LogP contribution in [0.3, 0.4) is 0 Å². The molecule has 3 aromatic rings. The van der Waals surface area contributed by atoms with Crippen molar-refractivity contribution in [3.8, 4) is 5.82 Å². The van der Waals surface area contributed by atoms with Gasteiger partial charge in [0.2, 0.25) is 17.8 Å². The van der Waals surface area contributed by atoms with Crippen LogP contribution in [0.25, 0.3) is 16.9 Å². The monoisotopic (exact) mass is 540 g/mol. The Morgan fingerprint density at radius 3 is 2.67 bits per heavy atom. The van der Waals surface area contributed by atoms with E-state index in [1.54, 1.807) is 30.3 Å². The highest BCUT2D eigenvalue weighted by atomic mass is 19.3. The first kappa shape index (κ1) is 25.4. The number of rotatable bonds is 7. The second-order valence-corrected chi connectivity index (χ2v) is 10.1. The van der Waals surface area contributed by atoms with Gasteiger partial charge in [-0.1, -0.05) is 12.1 Å². The normalized spacial score (nSPS) is 23.4. The number of benzene rings is 1. The standard InChI is InChI=1S/C26H30F2N8O3/c27-23(28)24-32-17-4-1-2-6-19(17)36(24)21-14-20(33-26(34-21)35-8-10-39-11-9-35)29-15-12-16(13-15)30-25(38)18-5-3-7-22(37)31-18/h1-2,4,6,14-16,18,23H,3,5,7-13H2,(H,30,38)(H,31,37)(H,29,33,34)/t15-,16-,18?. The number of nitrogens with zero attached hydrogens (tertiary/aromatic N) is 5. The number of hydrogen-bond acceptors (Lipinski definition) is 8. The molecule has 2 amide bonds. The van der Waals surface area contributed by atoms with Gasteiger partial charge in [0.25, 0.3) is 6.43 Å². The van der Waals surface area contributed by atoms with Crippen molar-refractivity contribution in [1.29, 1.82) is 0 Å². The third kappa shape index (κ3) is 5.35. The largest absolute Gasteiger partial charge is 0.378 e. The summed E-state index contributed by atoms with van der Waals surface area (Å²) in [6.07, 6.45) is 0.369. The third-order valence-electron chi connectivity index (χ3n) is 7.39. The zero-order valence-corrected chi connectivity index (χ0v) is 21.3. The van der Waals surface area contributed by atoms with E-state index in [1.165, 1.54) is 4.57 Å². The first-order valence-corrected chi connectivity index (χ1v) is 13.3. The van der Waals surface area contributed by atoms with Gasteiger partial charge < -0.3 is 25.6 Å². The Labute approximate surface area is 223 Å². The molecule has 6 rings (SSSR count). The van der Waals surface area contributed by atoms with E-state index in [0.29, 0.717) is 87.0 Å². The number of para-hydroxylation sites is 2. The van der Waals surface area contributed by atoms with E-state index < -0.39 is 12.5 Å². The second-order valence-electron chi connectivity index (χ2n) is 10.1. The molecule has 2 aliphatic heterocycles. The van der Waals surface area contributed by atoms with E-state index >= 15 is 0 Å². The highest BCUT2D eigenvalue weighted by molar-refractivity contribution is 5.88. The minimum Gasteiger partial charge on any atom is -0.378 e. The number of ether oxygens (including phenoxy) is 1. The number of alkyl halides is 2. The third-order valence-corrected chi connectivity index (χ3v) is 7.39. The molecule has 11 nitrogen and oxygen atoms in total. The smallest absolute Gasteiger partial charge is 0.296 e. The Balaban J connectivity index is 1.22. The summed E-state index contributed by atoms with van der Waals surface area (Å²) in [6, 6.07) is 8.17. The van der Waals surface area contributed by atoms with Crippen LogP contribution in [-0.4, -0.2) is 75.8 Å². The maximum atomic E-state index is 14.1. The number of piperidine rings is 1. The summed E-state index contributed by atoms with van der Waals surface area (Å²) in [7, 11) is 0. The number of halogens is 2. The van der Waals surface area contributed by atoms with Crippen LogP contribution in [0.5, 0.6) is 0 Å². The molecule has 1 unspecified atom stereocenters. The SMILES string of the molecule is O=C1CCCC(C(=O)N[C@H]2C[C@H](Nc3cc(-n4c(C(F)F)nc5ccccc54)nc(N4CCOCC4)n3)C2)N1. The molecule has 2 saturated heterocycles. The lowest BCUT2D eigenvalue weighted by molar-refractivity contribution is -0.131. The first-order valence-electron chi connectivity index (χ1n) is 13.3. The van der Waals surface area contributed by atoms with Crippen molar-refractivity contribution < 1.29 is 23.1 Å². The molecule has 3 fully saturated rings. The minimum atomic E-state index is -2.79. The Morgan fingerprint density at radius 1 is 1.10 bits per heavy atom. The topological polar surface area (TPSA) is 126 Å². The van der Waals surface area contributed by atoms with Crippen molar-refractivity contribution in [2.75, 3.05) is 36.5 Å². The fraction of sp³-hybridized carbons (Fsp3) is 0.500. The van der Waals surface area contributed by atoms with Crippen LogP contribution in [0.4, 0.5) is 20.5 Å². The lowest BCUT2D eigenvalue weighted by atomic mass is 9.86. The van der Waals surface area contributed by atoms with Gasteiger partial charge in [-0.05, 0) is 37.8 Å². The van der Waals surface area contributed by atoms with E-state index in [2.05, 4.69) is 25.9 Å². The molecule has 1 aliphatic carbocycles. The average molecular weight is 541 g/mol. The van der Waals surface area contributed by atoms with Crippen molar-refractivity contribution in [2.24, 2.45) is 0 Å². The van der Waals surface area contributed by atoms with Crippen molar-refractivity contribution in [1.82, 2.24) is 30.2 Å². The fourth-order valence-electron chi connectivity index (χ4n) is 5.31. The average Bonchev–Trinajstić information content (AvgIpc) is 3.32. The van der Waals surface area contributed by atoms with Gasteiger partial charge in [-0.15, -0.1) is 0 Å². The molecule has 3 N–H and O–H groups in total. The lowest BCUT2D eigenvalue weighted by Crippen LogP contribution is -2.56. The minimum absolute atomic E-state index is 0.0168. The number of anilines is 2. The number of imidazole rings is 1. The van der Waals surface area contributed by atoms with Gasteiger partial charge in [-0.2, -0.15) is 9.97 Å². The number of morpholine rings is 1. The van der Waals surface area contributed by atoms with Crippen molar-refractivity contribution >= 4 is 34.6 Å². The van der Waals surface area contributed by atoms with Gasteiger partial charge in [0.15, 0.2) is 5.82 Å². The zero-order valence-electron chi connectivity index (χ0n) is 21.3. The van der Waals surface area contributed by atoms with Crippen LogP contribution in [0.1, 0.15) is 44.4 Å². The van der Waals surface area contributed by atoms with Gasteiger partial charge in [-0.25, -0.2) is 13.8 Å². The van der Waals surface area contributed by atoms with Gasteiger partial charge >= 0.3 is 0 Å². The maximum Gasteiger partial charge on any atom is 0.296 e. The zero-order chi connectivity index (χ0) is 26.9. The summed E-state index contributed by atoms with van der Waals surface area (Å²) in [5.41, 5.74) is 0.993. The summed E-state index contributed by atoms with van der Waals surface area (Å²) in [5, 5.41) is 9.16. The van der Waals surface area contributed by atoms with Crippen LogP contribution in [0, 0.1) is 0 Å². The summed E-state index contributed by atoms with van der Waals surface area (Å²) in [5.74, 6) is 0.607. The molecule has 39 heavy (non-hydrogen) atoms. The Bertz CT molecular complexity index is 1370. The van der Waals surface area contributed by atoms with E-state index in [-0.39, 0.29) is 29.7 Å². The number of hydrogen-bond donors (Lipinski definition) is 3. The predicted octanol–water partition coefficient (Wildman–Crippen LogP) is 2.32. The van der Waals surface area contributed by atoms with E-state index in [0.717, 1.165) is 0 Å². The van der Waals surface area contributed by atoms with Gasteiger partial charge in [-0.3, -0.25) is 14.2 Å². The summed E-state index contributed by atoms with van der Waals surface area (Å²) in [6.45, 7) is 2.23. The molecule has 0 radical (unpaired) electrons. The second kappa shape index (κ2) is 10.7. The molecule has 0 bridgehead atoms. The van der Waals surface area contributed by atoms with Gasteiger partial charge in [0, 0.05) is 37.7 Å². The molecular formula is C26H30F2N8O3. The highest BCUT2D eigenvalue weighted by Crippen LogP contribution is 2.30. The molecule has 2 aromatic heterocycles. The number of carbonyl (C=O) groups excluding carboxylic acids is 2. The van der Waals surface area contributed by atoms with E-state index in [4.69, 9.17) is 9.72 Å². The highest BCUT2D eigenvalue weighted by Gasteiger charge is 2.34. The Kier molecular flexibility index (Phi) is 6.98. The van der Waals surface area contributed by atoms with Gasteiger partial charge in [0.05, 0.1) is 24.2 Å². The molecule has 4 heterocycles. The number of amides is 2. The summed E-state index contributed by atoms with van der Waals surface area (Å²) in [4.78, 5) is 39.7. The molecule has 1 saturated carbocycles. The van der Waals surface area contributed by atoms with Gasteiger partial charge in [0.1, 0.15) is 17.7 Å². The molecule has 1 atom stereocenters. The molecule has 206 valence electrons.